The second kappa shape index (κ2) is 11.6. The minimum atomic E-state index is -0.204. The summed E-state index contributed by atoms with van der Waals surface area (Å²) in [7, 11) is 3.76. The van der Waals surface area contributed by atoms with Crippen molar-refractivity contribution in [3.8, 4) is 0 Å². The first-order chi connectivity index (χ1) is 16.1. The number of rotatable bonds is 9. The normalized spacial score (nSPS) is 14.9. The molecule has 186 valence electrons. The fraction of sp³-hybridized carbons (Fsp3) is 0.615. The van der Waals surface area contributed by atoms with Gasteiger partial charge >= 0.3 is 0 Å². The predicted molar refractivity (Wildman–Crippen MR) is 134 cm³/mol. The molecule has 1 aliphatic heterocycles. The average Bonchev–Trinajstić information content (AvgIpc) is 3.03. The van der Waals surface area contributed by atoms with Gasteiger partial charge in [-0.25, -0.2) is 0 Å². The summed E-state index contributed by atoms with van der Waals surface area (Å²) in [4.78, 5) is 29.4. The standard InChI is InChI=1S/C26H40N6O2/c1-18(2)15-20-7-9-21(10-8-20)26(34)31-12-11-23-28-29-25(32(23)14-13-31)22(16-19(3)4)27-24(33)17-30(5)6/h7-10,18-19,22H,11-17H2,1-6H3,(H,27,33)/t22-/m0/s1. The highest BCUT2D eigenvalue weighted by Gasteiger charge is 2.27. The van der Waals surface area contributed by atoms with Crippen LogP contribution in [0.15, 0.2) is 24.3 Å². The molecular formula is C26H40N6O2. The first-order valence-corrected chi connectivity index (χ1v) is 12.4. The third kappa shape index (κ3) is 6.88. The molecule has 1 N–H and O–H groups in total. The van der Waals surface area contributed by atoms with Crippen molar-refractivity contribution in [2.24, 2.45) is 11.8 Å². The maximum absolute atomic E-state index is 13.2. The van der Waals surface area contributed by atoms with Crippen molar-refractivity contribution in [3.05, 3.63) is 47.0 Å². The van der Waals surface area contributed by atoms with Crippen LogP contribution < -0.4 is 5.32 Å². The van der Waals surface area contributed by atoms with E-state index in [0.29, 0.717) is 44.4 Å². The highest BCUT2D eigenvalue weighted by atomic mass is 16.2. The van der Waals surface area contributed by atoms with Crippen LogP contribution in [0.25, 0.3) is 0 Å². The van der Waals surface area contributed by atoms with Gasteiger partial charge in [-0.3, -0.25) is 9.59 Å². The summed E-state index contributed by atoms with van der Waals surface area (Å²) in [6, 6.07) is 7.80. The van der Waals surface area contributed by atoms with E-state index in [9.17, 15) is 9.59 Å². The van der Waals surface area contributed by atoms with Crippen molar-refractivity contribution in [3.63, 3.8) is 0 Å². The Kier molecular flexibility index (Phi) is 8.83. The molecule has 0 fully saturated rings. The quantitative estimate of drug-likeness (QED) is 0.612. The Bertz CT molecular complexity index is 964. The lowest BCUT2D eigenvalue weighted by atomic mass is 10.0. The average molecular weight is 469 g/mol. The summed E-state index contributed by atoms with van der Waals surface area (Å²) in [6.45, 7) is 10.8. The molecule has 2 amide bonds. The largest absolute Gasteiger partial charge is 0.345 e. The molecule has 8 nitrogen and oxygen atoms in total. The predicted octanol–water partition coefficient (Wildman–Crippen LogP) is 2.94. The number of benzene rings is 1. The number of hydrogen-bond acceptors (Lipinski definition) is 5. The van der Waals surface area contributed by atoms with Crippen LogP contribution >= 0.6 is 0 Å². The molecule has 8 heteroatoms. The molecule has 0 unspecified atom stereocenters. The summed E-state index contributed by atoms with van der Waals surface area (Å²) in [5.41, 5.74) is 1.98. The van der Waals surface area contributed by atoms with Crippen LogP contribution in [0.2, 0.25) is 0 Å². The van der Waals surface area contributed by atoms with Crippen molar-refractivity contribution in [1.82, 2.24) is 29.9 Å². The van der Waals surface area contributed by atoms with Crippen LogP contribution in [-0.4, -0.2) is 70.1 Å². The van der Waals surface area contributed by atoms with Gasteiger partial charge in [0, 0.05) is 31.6 Å². The Balaban J connectivity index is 1.72. The van der Waals surface area contributed by atoms with Crippen LogP contribution in [0.1, 0.15) is 67.7 Å². The van der Waals surface area contributed by atoms with Crippen molar-refractivity contribution in [2.45, 2.75) is 59.5 Å². The molecule has 1 aromatic carbocycles. The van der Waals surface area contributed by atoms with Gasteiger partial charge in [-0.05, 0) is 56.5 Å². The van der Waals surface area contributed by atoms with Crippen LogP contribution in [0.3, 0.4) is 0 Å². The number of hydrogen-bond donors (Lipinski definition) is 1. The van der Waals surface area contributed by atoms with E-state index in [1.165, 1.54) is 5.56 Å². The second-order valence-electron chi connectivity index (χ2n) is 10.5. The molecule has 0 radical (unpaired) electrons. The zero-order valence-corrected chi connectivity index (χ0v) is 21.5. The highest BCUT2D eigenvalue weighted by molar-refractivity contribution is 5.94. The Labute approximate surface area is 203 Å². The molecule has 0 aliphatic carbocycles. The maximum Gasteiger partial charge on any atom is 0.253 e. The third-order valence-corrected chi connectivity index (χ3v) is 6.00. The van der Waals surface area contributed by atoms with Crippen LogP contribution in [0.4, 0.5) is 0 Å². The van der Waals surface area contributed by atoms with Gasteiger partial charge in [0.2, 0.25) is 5.91 Å². The van der Waals surface area contributed by atoms with Gasteiger partial charge in [0.25, 0.3) is 5.91 Å². The van der Waals surface area contributed by atoms with E-state index in [1.54, 1.807) is 0 Å². The number of carbonyl (C=O) groups excluding carboxylic acids is 2. The fourth-order valence-corrected chi connectivity index (χ4v) is 4.47. The molecule has 0 saturated carbocycles. The number of carbonyl (C=O) groups is 2. The zero-order chi connectivity index (χ0) is 24.8. The van der Waals surface area contributed by atoms with E-state index in [2.05, 4.69) is 59.9 Å². The van der Waals surface area contributed by atoms with Crippen LogP contribution in [-0.2, 0) is 24.2 Å². The minimum Gasteiger partial charge on any atom is -0.345 e. The lowest BCUT2D eigenvalue weighted by Crippen LogP contribution is -2.38. The highest BCUT2D eigenvalue weighted by Crippen LogP contribution is 2.23. The smallest absolute Gasteiger partial charge is 0.253 e. The van der Waals surface area contributed by atoms with Crippen molar-refractivity contribution in [2.75, 3.05) is 33.7 Å². The minimum absolute atomic E-state index is 0.0284. The van der Waals surface area contributed by atoms with Crippen LogP contribution in [0.5, 0.6) is 0 Å². The number of aromatic nitrogens is 3. The molecule has 2 heterocycles. The molecule has 34 heavy (non-hydrogen) atoms. The summed E-state index contributed by atoms with van der Waals surface area (Å²) in [5, 5.41) is 12.0. The zero-order valence-electron chi connectivity index (χ0n) is 21.5. The molecule has 1 aliphatic rings. The lowest BCUT2D eigenvalue weighted by Gasteiger charge is -2.23. The molecule has 2 aromatic rings. The molecule has 3 rings (SSSR count). The van der Waals surface area contributed by atoms with E-state index in [-0.39, 0.29) is 17.9 Å². The molecule has 0 spiro atoms. The van der Waals surface area contributed by atoms with Gasteiger partial charge in [0.05, 0.1) is 12.6 Å². The molecule has 1 atom stereocenters. The van der Waals surface area contributed by atoms with Crippen LogP contribution in [0, 0.1) is 11.8 Å². The van der Waals surface area contributed by atoms with Gasteiger partial charge in [0.1, 0.15) is 5.82 Å². The number of nitrogens with zero attached hydrogens (tertiary/aromatic N) is 5. The summed E-state index contributed by atoms with van der Waals surface area (Å²) >= 11 is 0. The molecule has 0 bridgehead atoms. The van der Waals surface area contributed by atoms with E-state index in [4.69, 9.17) is 0 Å². The van der Waals surface area contributed by atoms with Crippen molar-refractivity contribution >= 4 is 11.8 Å². The molecule has 1 aromatic heterocycles. The van der Waals surface area contributed by atoms with E-state index in [1.807, 2.05) is 36.0 Å². The Hall–Kier alpha value is -2.74. The molecular weight excluding hydrogens is 428 g/mol. The first kappa shape index (κ1) is 25.9. The number of amides is 2. The van der Waals surface area contributed by atoms with Gasteiger partial charge < -0.3 is 19.7 Å². The van der Waals surface area contributed by atoms with Gasteiger partial charge in [-0.2, -0.15) is 0 Å². The summed E-state index contributed by atoms with van der Waals surface area (Å²) in [5.74, 6) is 2.65. The Morgan fingerprint density at radius 3 is 2.32 bits per heavy atom. The van der Waals surface area contributed by atoms with Gasteiger partial charge in [-0.15, -0.1) is 10.2 Å². The van der Waals surface area contributed by atoms with Crippen molar-refractivity contribution in [1.29, 1.82) is 0 Å². The summed E-state index contributed by atoms with van der Waals surface area (Å²) in [6.07, 6.45) is 2.44. The fourth-order valence-electron chi connectivity index (χ4n) is 4.47. The van der Waals surface area contributed by atoms with E-state index >= 15 is 0 Å². The number of likely N-dealkylation sites (N-methyl/N-ethyl adjacent to an activating group) is 1. The Morgan fingerprint density at radius 2 is 1.71 bits per heavy atom. The van der Waals surface area contributed by atoms with Gasteiger partial charge in [0.15, 0.2) is 5.82 Å². The monoisotopic (exact) mass is 468 g/mol. The summed E-state index contributed by atoms with van der Waals surface area (Å²) < 4.78 is 2.10. The topological polar surface area (TPSA) is 83.4 Å². The Morgan fingerprint density at radius 1 is 1.00 bits per heavy atom. The van der Waals surface area contributed by atoms with E-state index in [0.717, 1.165) is 30.1 Å². The van der Waals surface area contributed by atoms with E-state index < -0.39 is 0 Å². The number of fused-ring (bicyclic) bond motifs is 1. The lowest BCUT2D eigenvalue weighted by molar-refractivity contribution is -0.122. The third-order valence-electron chi connectivity index (χ3n) is 6.00. The van der Waals surface area contributed by atoms with Gasteiger partial charge in [-0.1, -0.05) is 39.8 Å². The SMILES string of the molecule is CC(C)Cc1ccc(C(=O)N2CCc3nnc([C@H](CC(C)C)NC(=O)CN(C)C)n3CC2)cc1. The number of nitrogens with one attached hydrogen (secondary N) is 1. The van der Waals surface area contributed by atoms with Crippen molar-refractivity contribution < 1.29 is 9.59 Å². The first-order valence-electron chi connectivity index (χ1n) is 12.4. The second-order valence-corrected chi connectivity index (χ2v) is 10.5. The molecule has 0 saturated heterocycles. The maximum atomic E-state index is 13.2.